The number of hydrogen-bond donors (Lipinski definition) is 2. The molecule has 0 spiro atoms. The molecule has 3 aromatic carbocycles. The monoisotopic (exact) mass is 412 g/mol. The summed E-state index contributed by atoms with van der Waals surface area (Å²) in [6.07, 6.45) is 1.86. The Hall–Kier alpha value is -4.19. The number of Topliss-reactive ketones (excluding diaryl/α,β-unsaturated/α-hetero) is 1. The molecule has 1 heterocycles. The maximum absolute atomic E-state index is 12.3. The predicted molar refractivity (Wildman–Crippen MR) is 118 cm³/mol. The lowest BCUT2D eigenvalue weighted by atomic mass is 10.1. The van der Waals surface area contributed by atoms with E-state index < -0.39 is 5.97 Å². The van der Waals surface area contributed by atoms with Crippen molar-refractivity contribution in [2.24, 2.45) is 0 Å². The number of ether oxygens (including phenoxy) is 1. The highest BCUT2D eigenvalue weighted by Gasteiger charge is 2.13. The highest BCUT2D eigenvalue weighted by molar-refractivity contribution is 6.04. The van der Waals surface area contributed by atoms with Gasteiger partial charge in [0, 0.05) is 33.9 Å². The van der Waals surface area contributed by atoms with E-state index in [0.29, 0.717) is 16.8 Å². The fourth-order valence-electron chi connectivity index (χ4n) is 3.25. The molecule has 6 nitrogen and oxygen atoms in total. The summed E-state index contributed by atoms with van der Waals surface area (Å²) >= 11 is 0. The number of H-pyrrole nitrogens is 1. The Morgan fingerprint density at radius 2 is 1.52 bits per heavy atom. The number of carbonyl (C=O) groups excluding carboxylic acids is 3. The number of rotatable bonds is 7. The smallest absolute Gasteiger partial charge is 0.310 e. The summed E-state index contributed by atoms with van der Waals surface area (Å²) in [7, 11) is 0. The molecule has 2 N–H and O–H groups in total. The number of amides is 1. The predicted octanol–water partition coefficient (Wildman–Crippen LogP) is 4.39. The molecule has 154 valence electrons. The van der Waals surface area contributed by atoms with Crippen LogP contribution in [0.4, 0.5) is 5.69 Å². The van der Waals surface area contributed by atoms with Crippen molar-refractivity contribution in [2.45, 2.75) is 6.42 Å². The third-order valence-corrected chi connectivity index (χ3v) is 4.87. The SMILES string of the molecule is O=C(Cc1c[nH]c2ccccc12)OCC(=O)c1ccc(NC(=O)c2ccccc2)cc1. The minimum Gasteiger partial charge on any atom is -0.457 e. The van der Waals surface area contributed by atoms with Crippen molar-refractivity contribution in [2.75, 3.05) is 11.9 Å². The van der Waals surface area contributed by atoms with Gasteiger partial charge >= 0.3 is 5.97 Å². The van der Waals surface area contributed by atoms with Crippen molar-refractivity contribution in [1.82, 2.24) is 4.98 Å². The maximum atomic E-state index is 12.3. The first kappa shape index (κ1) is 20.1. The number of esters is 1. The third kappa shape index (κ3) is 4.87. The molecule has 1 aromatic heterocycles. The van der Waals surface area contributed by atoms with Crippen molar-refractivity contribution in [3.8, 4) is 0 Å². The lowest BCUT2D eigenvalue weighted by Crippen LogP contribution is -2.16. The summed E-state index contributed by atoms with van der Waals surface area (Å²) in [5.74, 6) is -1.01. The number of ketones is 1. The fraction of sp³-hybridized carbons (Fsp3) is 0.0800. The number of para-hydroxylation sites is 1. The van der Waals surface area contributed by atoms with E-state index in [2.05, 4.69) is 10.3 Å². The first-order valence-electron chi connectivity index (χ1n) is 9.80. The second kappa shape index (κ2) is 9.09. The fourth-order valence-corrected chi connectivity index (χ4v) is 3.25. The third-order valence-electron chi connectivity index (χ3n) is 4.87. The number of aromatic nitrogens is 1. The zero-order valence-electron chi connectivity index (χ0n) is 16.6. The van der Waals surface area contributed by atoms with Gasteiger partial charge in [-0.1, -0.05) is 36.4 Å². The quantitative estimate of drug-likeness (QED) is 0.348. The highest BCUT2D eigenvalue weighted by atomic mass is 16.5. The Morgan fingerprint density at radius 3 is 2.29 bits per heavy atom. The number of fused-ring (bicyclic) bond motifs is 1. The maximum Gasteiger partial charge on any atom is 0.310 e. The van der Waals surface area contributed by atoms with E-state index in [4.69, 9.17) is 4.74 Å². The van der Waals surface area contributed by atoms with Crippen LogP contribution < -0.4 is 5.32 Å². The summed E-state index contributed by atoms with van der Waals surface area (Å²) in [5, 5.41) is 3.73. The Bertz CT molecular complexity index is 1230. The van der Waals surface area contributed by atoms with Crippen molar-refractivity contribution >= 4 is 34.3 Å². The molecular weight excluding hydrogens is 392 g/mol. The number of carbonyl (C=O) groups is 3. The van der Waals surface area contributed by atoms with Gasteiger partial charge in [-0.3, -0.25) is 14.4 Å². The normalized spacial score (nSPS) is 10.6. The number of aromatic amines is 1. The first-order chi connectivity index (χ1) is 15.1. The van der Waals surface area contributed by atoms with Gasteiger partial charge in [-0.15, -0.1) is 0 Å². The number of nitrogens with one attached hydrogen (secondary N) is 2. The van der Waals surface area contributed by atoms with Gasteiger partial charge in [-0.2, -0.15) is 0 Å². The van der Waals surface area contributed by atoms with Gasteiger partial charge < -0.3 is 15.0 Å². The zero-order chi connectivity index (χ0) is 21.6. The van der Waals surface area contributed by atoms with Gasteiger partial charge in [-0.25, -0.2) is 0 Å². The molecule has 0 aliphatic heterocycles. The minimum absolute atomic E-state index is 0.0851. The molecule has 6 heteroatoms. The van der Waals surface area contributed by atoms with Gasteiger partial charge in [0.1, 0.15) is 0 Å². The van der Waals surface area contributed by atoms with E-state index in [9.17, 15) is 14.4 Å². The molecular formula is C25H20N2O4. The van der Waals surface area contributed by atoms with Crippen molar-refractivity contribution in [3.05, 3.63) is 102 Å². The zero-order valence-corrected chi connectivity index (χ0v) is 16.6. The largest absolute Gasteiger partial charge is 0.457 e. The molecule has 0 fully saturated rings. The average molecular weight is 412 g/mol. The van der Waals surface area contributed by atoms with Gasteiger partial charge in [0.05, 0.1) is 6.42 Å². The Kier molecular flexibility index (Phi) is 5.89. The average Bonchev–Trinajstić information content (AvgIpc) is 3.21. The summed E-state index contributed by atoms with van der Waals surface area (Å²) in [5.41, 5.74) is 3.29. The summed E-state index contributed by atoms with van der Waals surface area (Å²) in [6, 6.07) is 23.0. The minimum atomic E-state index is -0.468. The van der Waals surface area contributed by atoms with Crippen molar-refractivity contribution in [1.29, 1.82) is 0 Å². The summed E-state index contributed by atoms with van der Waals surface area (Å²) in [6.45, 7) is -0.336. The van der Waals surface area contributed by atoms with E-state index in [-0.39, 0.29) is 24.7 Å². The first-order valence-corrected chi connectivity index (χ1v) is 9.80. The molecule has 0 saturated carbocycles. The lowest BCUT2D eigenvalue weighted by Gasteiger charge is -2.07. The molecule has 0 radical (unpaired) electrons. The van der Waals surface area contributed by atoms with Crippen LogP contribution in [0.3, 0.4) is 0 Å². The van der Waals surface area contributed by atoms with Crippen LogP contribution in [0.25, 0.3) is 10.9 Å². The van der Waals surface area contributed by atoms with E-state index in [1.54, 1.807) is 54.7 Å². The van der Waals surface area contributed by atoms with Gasteiger partial charge in [0.2, 0.25) is 0 Å². The van der Waals surface area contributed by atoms with Crippen LogP contribution in [-0.2, 0) is 16.0 Å². The van der Waals surface area contributed by atoms with Crippen molar-refractivity contribution < 1.29 is 19.1 Å². The molecule has 0 aliphatic rings. The Labute approximate surface area is 178 Å². The second-order valence-corrected chi connectivity index (χ2v) is 7.02. The van der Waals surface area contributed by atoms with E-state index in [0.717, 1.165) is 16.5 Å². The standard InChI is InChI=1S/C25H20N2O4/c28-23(16-31-24(29)14-19-15-26-22-9-5-4-8-21(19)22)17-10-12-20(13-11-17)27-25(30)18-6-2-1-3-7-18/h1-13,15,26H,14,16H2,(H,27,30). The molecule has 1 amide bonds. The van der Waals surface area contributed by atoms with E-state index >= 15 is 0 Å². The lowest BCUT2D eigenvalue weighted by molar-refractivity contribution is -0.141. The summed E-state index contributed by atoms with van der Waals surface area (Å²) in [4.78, 5) is 39.8. The number of hydrogen-bond acceptors (Lipinski definition) is 4. The van der Waals surface area contributed by atoms with Crippen LogP contribution in [-0.4, -0.2) is 29.3 Å². The summed E-state index contributed by atoms with van der Waals surface area (Å²) < 4.78 is 5.16. The van der Waals surface area contributed by atoms with Crippen LogP contribution in [0.15, 0.2) is 85.1 Å². The van der Waals surface area contributed by atoms with Gasteiger partial charge in [0.25, 0.3) is 5.91 Å². The van der Waals surface area contributed by atoms with E-state index in [1.807, 2.05) is 30.3 Å². The van der Waals surface area contributed by atoms with Crippen molar-refractivity contribution in [3.63, 3.8) is 0 Å². The molecule has 4 rings (SSSR count). The van der Waals surface area contributed by atoms with E-state index in [1.165, 1.54) is 0 Å². The molecule has 0 aliphatic carbocycles. The van der Waals surface area contributed by atoms with Crippen LogP contribution in [0.5, 0.6) is 0 Å². The molecule has 0 atom stereocenters. The molecule has 0 unspecified atom stereocenters. The Balaban J connectivity index is 1.30. The van der Waals surface area contributed by atoms with Crippen LogP contribution >= 0.6 is 0 Å². The molecule has 4 aromatic rings. The number of anilines is 1. The topological polar surface area (TPSA) is 88.3 Å². The van der Waals surface area contributed by atoms with Gasteiger partial charge in [-0.05, 0) is 48.0 Å². The van der Waals surface area contributed by atoms with Gasteiger partial charge in [0.15, 0.2) is 12.4 Å². The molecule has 31 heavy (non-hydrogen) atoms. The van der Waals surface area contributed by atoms with Crippen LogP contribution in [0.2, 0.25) is 0 Å². The number of benzene rings is 3. The Morgan fingerprint density at radius 1 is 0.806 bits per heavy atom. The molecule has 0 saturated heterocycles. The van der Waals surface area contributed by atoms with Crippen LogP contribution in [0, 0.1) is 0 Å². The second-order valence-electron chi connectivity index (χ2n) is 7.02. The van der Waals surface area contributed by atoms with Crippen LogP contribution in [0.1, 0.15) is 26.3 Å². The highest BCUT2D eigenvalue weighted by Crippen LogP contribution is 2.18. The molecule has 0 bridgehead atoms.